The molecule has 0 spiro atoms. The number of rotatable bonds is 3. The molecule has 0 aromatic heterocycles. The molecule has 2 fully saturated rings. The number of hydrogen-bond acceptors (Lipinski definition) is 3. The zero-order valence-electron chi connectivity index (χ0n) is 11.7. The van der Waals surface area contributed by atoms with Crippen LogP contribution in [0.5, 0.6) is 0 Å². The number of nitrogens with one attached hydrogen (secondary N) is 1. The molecule has 2 saturated heterocycles. The molecular weight excluding hydrogens is 246 g/mol. The normalized spacial score (nSPS) is 36.7. The maximum absolute atomic E-state index is 12.2. The molecule has 106 valence electrons. The Morgan fingerprint density at radius 2 is 2.00 bits per heavy atom. The molecule has 0 aromatic rings. The topological polar surface area (TPSA) is 46.2 Å². The monoisotopic (exact) mass is 273 g/mol. The SMILES string of the molecule is CC(C)C1(CC2CCCCS2(=O)=O)CCCCN1. The molecule has 2 atom stereocenters. The van der Waals surface area contributed by atoms with E-state index in [2.05, 4.69) is 19.2 Å². The average Bonchev–Trinajstić information content (AvgIpc) is 2.33. The molecule has 4 heteroatoms. The lowest BCUT2D eigenvalue weighted by molar-refractivity contribution is 0.165. The summed E-state index contributed by atoms with van der Waals surface area (Å²) in [5.41, 5.74) is 0.0628. The molecule has 0 saturated carbocycles. The second-order valence-electron chi connectivity index (χ2n) is 6.38. The van der Waals surface area contributed by atoms with E-state index in [9.17, 15) is 8.42 Å². The molecule has 2 aliphatic rings. The van der Waals surface area contributed by atoms with Crippen LogP contribution >= 0.6 is 0 Å². The molecule has 0 aromatic carbocycles. The summed E-state index contributed by atoms with van der Waals surface area (Å²) in [6.07, 6.45) is 7.24. The highest BCUT2D eigenvalue weighted by atomic mass is 32.2. The van der Waals surface area contributed by atoms with Crippen LogP contribution in [0.4, 0.5) is 0 Å². The summed E-state index contributed by atoms with van der Waals surface area (Å²) in [5, 5.41) is 3.55. The van der Waals surface area contributed by atoms with Gasteiger partial charge in [-0.25, -0.2) is 8.42 Å². The minimum atomic E-state index is -2.83. The summed E-state index contributed by atoms with van der Waals surface area (Å²) in [5.74, 6) is 0.918. The largest absolute Gasteiger partial charge is 0.311 e. The fourth-order valence-electron chi connectivity index (χ4n) is 3.55. The first-order chi connectivity index (χ1) is 8.46. The van der Waals surface area contributed by atoms with E-state index in [-0.39, 0.29) is 10.8 Å². The van der Waals surface area contributed by atoms with Crippen LogP contribution in [0, 0.1) is 5.92 Å². The Kier molecular flexibility index (Phi) is 4.37. The van der Waals surface area contributed by atoms with Crippen molar-refractivity contribution in [3.05, 3.63) is 0 Å². The van der Waals surface area contributed by atoms with Crippen LogP contribution in [0.25, 0.3) is 0 Å². The van der Waals surface area contributed by atoms with Gasteiger partial charge in [0.25, 0.3) is 0 Å². The van der Waals surface area contributed by atoms with Crippen molar-refractivity contribution in [2.24, 2.45) is 5.92 Å². The lowest BCUT2D eigenvalue weighted by Gasteiger charge is -2.44. The highest BCUT2D eigenvalue weighted by Crippen LogP contribution is 2.36. The molecule has 3 nitrogen and oxygen atoms in total. The second kappa shape index (κ2) is 5.49. The molecule has 0 amide bonds. The maximum Gasteiger partial charge on any atom is 0.153 e. The van der Waals surface area contributed by atoms with Gasteiger partial charge in [-0.05, 0) is 44.6 Å². The van der Waals surface area contributed by atoms with Crippen LogP contribution in [0.1, 0.15) is 58.8 Å². The average molecular weight is 273 g/mol. The standard InChI is InChI=1S/C14H27NO2S/c1-12(2)14(8-4-5-9-15-14)11-13-7-3-6-10-18(13,16)17/h12-13,15H,3-11H2,1-2H3. The van der Waals surface area contributed by atoms with Gasteiger partial charge in [-0.3, -0.25) is 0 Å². The van der Waals surface area contributed by atoms with E-state index in [1.165, 1.54) is 12.8 Å². The van der Waals surface area contributed by atoms with Gasteiger partial charge in [-0.15, -0.1) is 0 Å². The van der Waals surface area contributed by atoms with Crippen molar-refractivity contribution in [2.45, 2.75) is 69.6 Å². The summed E-state index contributed by atoms with van der Waals surface area (Å²) in [6.45, 7) is 5.51. The van der Waals surface area contributed by atoms with E-state index in [4.69, 9.17) is 0 Å². The van der Waals surface area contributed by atoms with Crippen LogP contribution < -0.4 is 5.32 Å². The van der Waals surface area contributed by atoms with Crippen molar-refractivity contribution < 1.29 is 8.42 Å². The van der Waals surface area contributed by atoms with Crippen LogP contribution in [0.3, 0.4) is 0 Å². The van der Waals surface area contributed by atoms with Crippen molar-refractivity contribution in [1.82, 2.24) is 5.32 Å². The van der Waals surface area contributed by atoms with E-state index in [0.29, 0.717) is 11.7 Å². The van der Waals surface area contributed by atoms with E-state index >= 15 is 0 Å². The molecule has 1 N–H and O–H groups in total. The number of sulfone groups is 1. The summed E-state index contributed by atoms with van der Waals surface area (Å²) in [4.78, 5) is 0. The maximum atomic E-state index is 12.2. The van der Waals surface area contributed by atoms with Gasteiger partial charge in [0.1, 0.15) is 0 Å². The fourth-order valence-corrected chi connectivity index (χ4v) is 5.57. The first-order valence-corrected chi connectivity index (χ1v) is 9.14. The van der Waals surface area contributed by atoms with Crippen LogP contribution in [0.15, 0.2) is 0 Å². The second-order valence-corrected chi connectivity index (χ2v) is 8.78. The molecule has 2 heterocycles. The molecular formula is C14H27NO2S. The Balaban J connectivity index is 2.13. The van der Waals surface area contributed by atoms with Crippen molar-refractivity contribution in [3.63, 3.8) is 0 Å². The molecule has 0 bridgehead atoms. The number of piperidine rings is 1. The van der Waals surface area contributed by atoms with Gasteiger partial charge in [0, 0.05) is 5.54 Å². The minimum Gasteiger partial charge on any atom is -0.311 e. The third-order valence-electron chi connectivity index (χ3n) is 4.94. The van der Waals surface area contributed by atoms with Gasteiger partial charge in [-0.1, -0.05) is 26.7 Å². The van der Waals surface area contributed by atoms with Crippen LogP contribution in [-0.2, 0) is 9.84 Å². The van der Waals surface area contributed by atoms with Gasteiger partial charge in [0.2, 0.25) is 0 Å². The molecule has 2 rings (SSSR count). The van der Waals surface area contributed by atoms with Gasteiger partial charge in [0.05, 0.1) is 11.0 Å². The van der Waals surface area contributed by atoms with Crippen molar-refractivity contribution in [2.75, 3.05) is 12.3 Å². The molecule has 18 heavy (non-hydrogen) atoms. The first-order valence-electron chi connectivity index (χ1n) is 7.43. The predicted octanol–water partition coefficient (Wildman–Crippen LogP) is 2.51. The van der Waals surface area contributed by atoms with Gasteiger partial charge in [0.15, 0.2) is 9.84 Å². The summed E-state index contributed by atoms with van der Waals surface area (Å²) < 4.78 is 24.4. The van der Waals surface area contributed by atoms with Gasteiger partial charge < -0.3 is 5.32 Å². The van der Waals surface area contributed by atoms with Crippen molar-refractivity contribution in [3.8, 4) is 0 Å². The molecule has 2 aliphatic heterocycles. The Morgan fingerprint density at radius 1 is 1.22 bits per heavy atom. The third-order valence-corrected chi connectivity index (χ3v) is 7.21. The Hall–Kier alpha value is -0.0900. The van der Waals surface area contributed by atoms with Gasteiger partial charge in [-0.2, -0.15) is 0 Å². The van der Waals surface area contributed by atoms with Crippen molar-refractivity contribution >= 4 is 9.84 Å². The first kappa shape index (κ1) is 14.3. The Labute approximate surface area is 112 Å². The highest BCUT2D eigenvalue weighted by molar-refractivity contribution is 7.92. The molecule has 0 aliphatic carbocycles. The van der Waals surface area contributed by atoms with Gasteiger partial charge >= 0.3 is 0 Å². The smallest absolute Gasteiger partial charge is 0.153 e. The zero-order valence-corrected chi connectivity index (χ0v) is 12.6. The number of hydrogen-bond donors (Lipinski definition) is 1. The lowest BCUT2D eigenvalue weighted by Crippen LogP contribution is -2.55. The Bertz CT molecular complexity index is 369. The molecule has 0 radical (unpaired) electrons. The summed E-state index contributed by atoms with van der Waals surface area (Å²) >= 11 is 0. The van der Waals surface area contributed by atoms with E-state index in [0.717, 1.165) is 38.6 Å². The van der Waals surface area contributed by atoms with E-state index < -0.39 is 9.84 Å². The quantitative estimate of drug-likeness (QED) is 0.859. The molecule has 2 unspecified atom stereocenters. The zero-order chi connectivity index (χ0) is 13.2. The van der Waals surface area contributed by atoms with E-state index in [1.54, 1.807) is 0 Å². The Morgan fingerprint density at radius 3 is 2.56 bits per heavy atom. The fraction of sp³-hybridized carbons (Fsp3) is 1.00. The van der Waals surface area contributed by atoms with Crippen LogP contribution in [0.2, 0.25) is 0 Å². The summed E-state index contributed by atoms with van der Waals surface area (Å²) in [7, 11) is -2.83. The minimum absolute atomic E-state index is 0.0628. The lowest BCUT2D eigenvalue weighted by atomic mass is 9.75. The highest BCUT2D eigenvalue weighted by Gasteiger charge is 2.41. The summed E-state index contributed by atoms with van der Waals surface area (Å²) in [6, 6.07) is 0. The third kappa shape index (κ3) is 2.90. The van der Waals surface area contributed by atoms with Crippen molar-refractivity contribution in [1.29, 1.82) is 0 Å². The van der Waals surface area contributed by atoms with Crippen LogP contribution in [-0.4, -0.2) is 31.5 Å². The predicted molar refractivity (Wildman–Crippen MR) is 75.5 cm³/mol. The van der Waals surface area contributed by atoms with E-state index in [1.807, 2.05) is 0 Å².